The van der Waals surface area contributed by atoms with E-state index in [0.29, 0.717) is 11.6 Å². The van der Waals surface area contributed by atoms with Crippen LogP contribution in [0.15, 0.2) is 5.38 Å². The van der Waals surface area contributed by atoms with Crippen molar-refractivity contribution in [1.29, 1.82) is 0 Å². The van der Waals surface area contributed by atoms with Crippen LogP contribution in [-0.4, -0.2) is 17.1 Å². The molecule has 70 valence electrons. The van der Waals surface area contributed by atoms with E-state index < -0.39 is 5.97 Å². The molecule has 1 aliphatic heterocycles. The number of carbonyl (C=O) groups is 1. The molecule has 0 aromatic carbocycles. The average Bonchev–Trinajstić information content (AvgIpc) is 2.46. The largest absolute Gasteiger partial charge is 0.478 e. The molecule has 0 bridgehead atoms. The summed E-state index contributed by atoms with van der Waals surface area (Å²) >= 11 is 1.54. The van der Waals surface area contributed by atoms with Gasteiger partial charge in [-0.1, -0.05) is 0 Å². The van der Waals surface area contributed by atoms with Gasteiger partial charge in [-0.2, -0.15) is 0 Å². The summed E-state index contributed by atoms with van der Waals surface area (Å²) in [5.74, 6) is -0.799. The van der Waals surface area contributed by atoms with E-state index in [2.05, 4.69) is 12.2 Å². The molecule has 4 heteroatoms. The van der Waals surface area contributed by atoms with Crippen LogP contribution in [0.2, 0.25) is 0 Å². The van der Waals surface area contributed by atoms with E-state index in [1.54, 1.807) is 5.38 Å². The highest BCUT2D eigenvalue weighted by molar-refractivity contribution is 7.10. The molecular weight excluding hydrogens is 186 g/mol. The second kappa shape index (κ2) is 3.12. The molecule has 0 saturated heterocycles. The standard InChI is InChI=1S/C9H11NO2S/c1-5-2-6-7(9(11)12)4-13-8(6)3-10-5/h4-5,10H,2-3H2,1H3,(H,11,12). The topological polar surface area (TPSA) is 49.3 Å². The summed E-state index contributed by atoms with van der Waals surface area (Å²) < 4.78 is 0. The molecule has 0 amide bonds. The Hall–Kier alpha value is -0.870. The van der Waals surface area contributed by atoms with Crippen molar-refractivity contribution in [2.45, 2.75) is 25.9 Å². The van der Waals surface area contributed by atoms with Crippen molar-refractivity contribution in [3.05, 3.63) is 21.4 Å². The minimum absolute atomic E-state index is 0.389. The van der Waals surface area contributed by atoms with Crippen LogP contribution in [0, 0.1) is 0 Å². The monoisotopic (exact) mass is 197 g/mol. The summed E-state index contributed by atoms with van der Waals surface area (Å²) in [6.07, 6.45) is 0.834. The van der Waals surface area contributed by atoms with Gasteiger partial charge in [0.05, 0.1) is 5.56 Å². The van der Waals surface area contributed by atoms with Crippen molar-refractivity contribution in [2.75, 3.05) is 0 Å². The minimum atomic E-state index is -0.799. The Morgan fingerprint density at radius 1 is 1.77 bits per heavy atom. The Morgan fingerprint density at radius 2 is 2.54 bits per heavy atom. The maximum absolute atomic E-state index is 10.8. The van der Waals surface area contributed by atoms with Gasteiger partial charge in [0.15, 0.2) is 0 Å². The lowest BCUT2D eigenvalue weighted by Crippen LogP contribution is -2.32. The number of thiophene rings is 1. The highest BCUT2D eigenvalue weighted by Gasteiger charge is 2.22. The molecule has 2 N–H and O–H groups in total. The van der Waals surface area contributed by atoms with Gasteiger partial charge in [0, 0.05) is 22.8 Å². The number of hydrogen-bond donors (Lipinski definition) is 2. The van der Waals surface area contributed by atoms with Crippen LogP contribution in [0.4, 0.5) is 0 Å². The lowest BCUT2D eigenvalue weighted by Gasteiger charge is -2.20. The Morgan fingerprint density at radius 3 is 3.23 bits per heavy atom. The van der Waals surface area contributed by atoms with Crippen LogP contribution in [0.5, 0.6) is 0 Å². The van der Waals surface area contributed by atoms with Crippen LogP contribution in [-0.2, 0) is 13.0 Å². The molecule has 1 aliphatic rings. The smallest absolute Gasteiger partial charge is 0.336 e. The summed E-state index contributed by atoms with van der Waals surface area (Å²) in [7, 11) is 0. The van der Waals surface area contributed by atoms with E-state index in [0.717, 1.165) is 18.5 Å². The second-order valence-electron chi connectivity index (χ2n) is 3.34. The number of aromatic carboxylic acids is 1. The molecule has 1 aromatic heterocycles. The van der Waals surface area contributed by atoms with Gasteiger partial charge in [0.25, 0.3) is 0 Å². The highest BCUT2D eigenvalue weighted by Crippen LogP contribution is 2.27. The molecule has 3 nitrogen and oxygen atoms in total. The molecule has 13 heavy (non-hydrogen) atoms. The quantitative estimate of drug-likeness (QED) is 0.717. The Kier molecular flexibility index (Phi) is 2.09. The molecule has 2 rings (SSSR count). The Labute approximate surface area is 80.4 Å². The van der Waals surface area contributed by atoms with Crippen LogP contribution in [0.3, 0.4) is 0 Å². The van der Waals surface area contributed by atoms with Gasteiger partial charge >= 0.3 is 5.97 Å². The zero-order valence-electron chi connectivity index (χ0n) is 7.33. The van der Waals surface area contributed by atoms with E-state index in [-0.39, 0.29) is 0 Å². The van der Waals surface area contributed by atoms with Crippen LogP contribution in [0.1, 0.15) is 27.7 Å². The van der Waals surface area contributed by atoms with Crippen molar-refractivity contribution in [2.24, 2.45) is 0 Å². The molecule has 1 atom stereocenters. The Balaban J connectivity index is 2.41. The molecule has 1 aromatic rings. The first-order chi connectivity index (χ1) is 6.18. The first-order valence-corrected chi connectivity index (χ1v) is 5.12. The molecule has 0 radical (unpaired) electrons. The lowest BCUT2D eigenvalue weighted by atomic mass is 10.00. The third kappa shape index (κ3) is 1.47. The maximum atomic E-state index is 10.8. The molecule has 1 unspecified atom stereocenters. The molecular formula is C9H11NO2S. The van der Waals surface area contributed by atoms with Gasteiger partial charge in [0.1, 0.15) is 0 Å². The lowest BCUT2D eigenvalue weighted by molar-refractivity contribution is 0.0696. The van der Waals surface area contributed by atoms with Gasteiger partial charge in [0.2, 0.25) is 0 Å². The Bertz CT molecular complexity index is 345. The van der Waals surface area contributed by atoms with E-state index in [1.165, 1.54) is 16.2 Å². The van der Waals surface area contributed by atoms with E-state index in [4.69, 9.17) is 5.11 Å². The number of fused-ring (bicyclic) bond motifs is 1. The fourth-order valence-corrected chi connectivity index (χ4v) is 2.62. The molecule has 0 aliphatic carbocycles. The predicted molar refractivity (Wildman–Crippen MR) is 51.3 cm³/mol. The van der Waals surface area contributed by atoms with E-state index >= 15 is 0 Å². The minimum Gasteiger partial charge on any atom is -0.478 e. The van der Waals surface area contributed by atoms with Crippen molar-refractivity contribution in [3.63, 3.8) is 0 Å². The summed E-state index contributed by atoms with van der Waals surface area (Å²) in [6.45, 7) is 2.89. The fourth-order valence-electron chi connectivity index (χ4n) is 1.62. The van der Waals surface area contributed by atoms with E-state index in [1.807, 2.05) is 0 Å². The van der Waals surface area contributed by atoms with Crippen molar-refractivity contribution in [3.8, 4) is 0 Å². The highest BCUT2D eigenvalue weighted by atomic mass is 32.1. The maximum Gasteiger partial charge on any atom is 0.336 e. The molecule has 0 fully saturated rings. The van der Waals surface area contributed by atoms with Gasteiger partial charge < -0.3 is 10.4 Å². The molecule has 0 spiro atoms. The number of nitrogens with one attached hydrogen (secondary N) is 1. The van der Waals surface area contributed by atoms with Crippen molar-refractivity contribution < 1.29 is 9.90 Å². The number of hydrogen-bond acceptors (Lipinski definition) is 3. The van der Waals surface area contributed by atoms with Gasteiger partial charge in [-0.25, -0.2) is 4.79 Å². The number of carboxylic acid groups (broad SMARTS) is 1. The van der Waals surface area contributed by atoms with Gasteiger partial charge in [-0.05, 0) is 18.9 Å². The third-order valence-corrected chi connectivity index (χ3v) is 3.36. The van der Waals surface area contributed by atoms with Gasteiger partial charge in [-0.15, -0.1) is 11.3 Å². The first-order valence-electron chi connectivity index (χ1n) is 4.24. The van der Waals surface area contributed by atoms with Crippen LogP contribution in [0.25, 0.3) is 0 Å². The molecule has 2 heterocycles. The average molecular weight is 197 g/mol. The number of carboxylic acids is 1. The SMILES string of the molecule is CC1Cc2c(C(=O)O)csc2CN1. The predicted octanol–water partition coefficient (Wildman–Crippen LogP) is 1.48. The number of rotatable bonds is 1. The normalized spacial score (nSPS) is 21.2. The van der Waals surface area contributed by atoms with Gasteiger partial charge in [-0.3, -0.25) is 0 Å². The third-order valence-electron chi connectivity index (χ3n) is 2.33. The summed E-state index contributed by atoms with van der Waals surface area (Å²) in [5, 5.41) is 14.0. The van der Waals surface area contributed by atoms with Crippen molar-refractivity contribution >= 4 is 17.3 Å². The second-order valence-corrected chi connectivity index (χ2v) is 4.31. The van der Waals surface area contributed by atoms with E-state index in [9.17, 15) is 4.79 Å². The van der Waals surface area contributed by atoms with Crippen LogP contribution < -0.4 is 5.32 Å². The molecule has 0 saturated carbocycles. The summed E-state index contributed by atoms with van der Waals surface area (Å²) in [5.41, 5.74) is 1.53. The zero-order valence-corrected chi connectivity index (χ0v) is 8.15. The van der Waals surface area contributed by atoms with Crippen LogP contribution >= 0.6 is 11.3 Å². The summed E-state index contributed by atoms with van der Waals surface area (Å²) in [4.78, 5) is 12.0. The zero-order chi connectivity index (χ0) is 9.42. The summed E-state index contributed by atoms with van der Waals surface area (Å²) in [6, 6.07) is 0.389. The first kappa shape index (κ1) is 8.72. The fraction of sp³-hybridized carbons (Fsp3) is 0.444. The van der Waals surface area contributed by atoms with Crippen molar-refractivity contribution in [1.82, 2.24) is 5.32 Å².